The second-order valence-electron chi connectivity index (χ2n) is 4.55. The standard InChI is InChI=1S/C15H19N3O2S/c1-4-18(5-2)15(19)13-7-6-8-16-14(13)21-10-12-9-11(3)20-17-12/h6-9H,4-5,10H2,1-3H3. The Bertz CT molecular complexity index is 608. The number of hydrogen-bond donors (Lipinski definition) is 0. The van der Waals surface area contributed by atoms with E-state index in [4.69, 9.17) is 4.52 Å². The molecule has 2 aromatic rings. The third kappa shape index (κ3) is 3.85. The minimum absolute atomic E-state index is 0.0203. The Hall–Kier alpha value is -1.82. The van der Waals surface area contributed by atoms with Crippen LogP contribution in [-0.2, 0) is 5.75 Å². The Morgan fingerprint density at radius 3 is 2.76 bits per heavy atom. The van der Waals surface area contributed by atoms with E-state index in [2.05, 4.69) is 10.1 Å². The van der Waals surface area contributed by atoms with Crippen LogP contribution in [0.4, 0.5) is 0 Å². The number of carbonyl (C=O) groups excluding carboxylic acids is 1. The van der Waals surface area contributed by atoms with Gasteiger partial charge in [-0.3, -0.25) is 4.79 Å². The number of thioether (sulfide) groups is 1. The summed E-state index contributed by atoms with van der Waals surface area (Å²) >= 11 is 1.50. The van der Waals surface area contributed by atoms with Gasteiger partial charge < -0.3 is 9.42 Å². The van der Waals surface area contributed by atoms with Crippen LogP contribution in [-0.4, -0.2) is 34.0 Å². The third-order valence-corrected chi connectivity index (χ3v) is 4.12. The first-order valence-corrected chi connectivity index (χ1v) is 7.93. The maximum Gasteiger partial charge on any atom is 0.256 e. The first-order valence-electron chi connectivity index (χ1n) is 6.95. The summed E-state index contributed by atoms with van der Waals surface area (Å²) in [5, 5.41) is 4.69. The van der Waals surface area contributed by atoms with Crippen molar-refractivity contribution >= 4 is 17.7 Å². The van der Waals surface area contributed by atoms with Crippen LogP contribution >= 0.6 is 11.8 Å². The number of amides is 1. The quantitative estimate of drug-likeness (QED) is 0.767. The van der Waals surface area contributed by atoms with Gasteiger partial charge in [-0.2, -0.15) is 0 Å². The molecule has 6 heteroatoms. The summed E-state index contributed by atoms with van der Waals surface area (Å²) in [4.78, 5) is 18.6. The van der Waals surface area contributed by atoms with Crippen LogP contribution in [0, 0.1) is 6.92 Å². The van der Waals surface area contributed by atoms with Gasteiger partial charge in [-0.05, 0) is 32.9 Å². The second-order valence-corrected chi connectivity index (χ2v) is 5.52. The van der Waals surface area contributed by atoms with Crippen molar-refractivity contribution in [3.8, 4) is 0 Å². The lowest BCUT2D eigenvalue weighted by Crippen LogP contribution is -2.31. The number of aryl methyl sites for hydroxylation is 1. The van der Waals surface area contributed by atoms with E-state index < -0.39 is 0 Å². The molecule has 0 aliphatic carbocycles. The predicted octanol–water partition coefficient (Wildman–Crippen LogP) is 3.15. The van der Waals surface area contributed by atoms with Gasteiger partial charge in [0, 0.05) is 31.1 Å². The van der Waals surface area contributed by atoms with E-state index in [-0.39, 0.29) is 5.91 Å². The normalized spacial score (nSPS) is 10.6. The Kier molecular flexibility index (Phi) is 5.38. The number of carbonyl (C=O) groups is 1. The van der Waals surface area contributed by atoms with E-state index in [1.54, 1.807) is 17.2 Å². The summed E-state index contributed by atoms with van der Waals surface area (Å²) in [5.74, 6) is 1.44. The van der Waals surface area contributed by atoms with Gasteiger partial charge in [0.15, 0.2) is 0 Å². The van der Waals surface area contributed by atoms with Crippen LogP contribution in [0.1, 0.15) is 35.7 Å². The first kappa shape index (κ1) is 15.6. The van der Waals surface area contributed by atoms with Crippen molar-refractivity contribution in [1.82, 2.24) is 15.0 Å². The number of hydrogen-bond acceptors (Lipinski definition) is 5. The van der Waals surface area contributed by atoms with Crippen molar-refractivity contribution in [3.05, 3.63) is 41.4 Å². The van der Waals surface area contributed by atoms with Crippen molar-refractivity contribution in [2.24, 2.45) is 0 Å². The van der Waals surface area contributed by atoms with Crippen LogP contribution < -0.4 is 0 Å². The highest BCUT2D eigenvalue weighted by Crippen LogP contribution is 2.25. The molecule has 0 aliphatic heterocycles. The van der Waals surface area contributed by atoms with Crippen molar-refractivity contribution in [2.45, 2.75) is 31.6 Å². The van der Waals surface area contributed by atoms with E-state index >= 15 is 0 Å². The molecule has 5 nitrogen and oxygen atoms in total. The first-order chi connectivity index (χ1) is 10.2. The van der Waals surface area contributed by atoms with Crippen molar-refractivity contribution in [1.29, 1.82) is 0 Å². The summed E-state index contributed by atoms with van der Waals surface area (Å²) in [7, 11) is 0. The largest absolute Gasteiger partial charge is 0.361 e. The summed E-state index contributed by atoms with van der Waals surface area (Å²) in [6, 6.07) is 5.51. The molecule has 0 saturated heterocycles. The van der Waals surface area contributed by atoms with E-state index in [1.807, 2.05) is 32.9 Å². The molecule has 0 atom stereocenters. The summed E-state index contributed by atoms with van der Waals surface area (Å²) in [6.45, 7) is 7.19. The topological polar surface area (TPSA) is 59.2 Å². The molecular formula is C15H19N3O2S. The molecule has 0 bridgehead atoms. The molecule has 0 fully saturated rings. The molecule has 0 unspecified atom stereocenters. The lowest BCUT2D eigenvalue weighted by molar-refractivity contribution is 0.0768. The fraction of sp³-hybridized carbons (Fsp3) is 0.400. The van der Waals surface area contributed by atoms with E-state index in [0.717, 1.165) is 16.5 Å². The van der Waals surface area contributed by atoms with Gasteiger partial charge in [0.2, 0.25) is 0 Å². The molecule has 0 aromatic carbocycles. The lowest BCUT2D eigenvalue weighted by Gasteiger charge is -2.19. The fourth-order valence-corrected chi connectivity index (χ4v) is 2.84. The zero-order valence-electron chi connectivity index (χ0n) is 12.5. The predicted molar refractivity (Wildman–Crippen MR) is 82.3 cm³/mol. The number of rotatable bonds is 6. The van der Waals surface area contributed by atoms with Crippen molar-refractivity contribution < 1.29 is 9.32 Å². The average Bonchev–Trinajstić information content (AvgIpc) is 2.92. The van der Waals surface area contributed by atoms with Gasteiger partial charge in [-0.1, -0.05) is 16.9 Å². The molecule has 0 N–H and O–H groups in total. The highest BCUT2D eigenvalue weighted by atomic mass is 32.2. The van der Waals surface area contributed by atoms with Crippen LogP contribution in [0.3, 0.4) is 0 Å². The van der Waals surface area contributed by atoms with Gasteiger partial charge in [0.1, 0.15) is 10.8 Å². The van der Waals surface area contributed by atoms with Gasteiger partial charge >= 0.3 is 0 Å². The monoisotopic (exact) mass is 305 g/mol. The third-order valence-electron chi connectivity index (χ3n) is 3.09. The zero-order valence-corrected chi connectivity index (χ0v) is 13.3. The van der Waals surface area contributed by atoms with Crippen LogP contribution in [0.2, 0.25) is 0 Å². The van der Waals surface area contributed by atoms with Crippen LogP contribution in [0.5, 0.6) is 0 Å². The summed E-state index contributed by atoms with van der Waals surface area (Å²) in [6.07, 6.45) is 1.70. The van der Waals surface area contributed by atoms with Crippen molar-refractivity contribution in [2.75, 3.05) is 13.1 Å². The van der Waals surface area contributed by atoms with Gasteiger partial charge in [0.25, 0.3) is 5.91 Å². The molecule has 2 heterocycles. The second kappa shape index (κ2) is 7.26. The maximum atomic E-state index is 12.5. The number of pyridine rings is 1. The van der Waals surface area contributed by atoms with E-state index in [1.165, 1.54) is 11.8 Å². The van der Waals surface area contributed by atoms with E-state index in [0.29, 0.717) is 24.4 Å². The van der Waals surface area contributed by atoms with Crippen LogP contribution in [0.25, 0.3) is 0 Å². The van der Waals surface area contributed by atoms with Crippen LogP contribution in [0.15, 0.2) is 33.9 Å². The fourth-order valence-electron chi connectivity index (χ4n) is 1.98. The van der Waals surface area contributed by atoms with Gasteiger partial charge in [0.05, 0.1) is 11.3 Å². The Morgan fingerprint density at radius 1 is 1.38 bits per heavy atom. The Labute approximate surface area is 128 Å². The molecule has 0 aliphatic rings. The smallest absolute Gasteiger partial charge is 0.256 e. The van der Waals surface area contributed by atoms with E-state index in [9.17, 15) is 4.79 Å². The van der Waals surface area contributed by atoms with Crippen molar-refractivity contribution in [3.63, 3.8) is 0 Å². The minimum atomic E-state index is 0.0203. The number of aromatic nitrogens is 2. The molecule has 0 spiro atoms. The molecule has 2 rings (SSSR count). The molecule has 0 saturated carbocycles. The Balaban J connectivity index is 2.14. The Morgan fingerprint density at radius 2 is 2.14 bits per heavy atom. The molecule has 2 aromatic heterocycles. The lowest BCUT2D eigenvalue weighted by atomic mass is 10.2. The maximum absolute atomic E-state index is 12.5. The SMILES string of the molecule is CCN(CC)C(=O)c1cccnc1SCc1cc(C)on1. The molecule has 112 valence electrons. The molecule has 21 heavy (non-hydrogen) atoms. The minimum Gasteiger partial charge on any atom is -0.361 e. The van der Waals surface area contributed by atoms with Gasteiger partial charge in [-0.25, -0.2) is 4.98 Å². The molecule has 0 radical (unpaired) electrons. The number of nitrogens with zero attached hydrogens (tertiary/aromatic N) is 3. The molecular weight excluding hydrogens is 286 g/mol. The average molecular weight is 305 g/mol. The molecule has 1 amide bonds. The highest BCUT2D eigenvalue weighted by molar-refractivity contribution is 7.98. The van der Waals surface area contributed by atoms with Gasteiger partial charge in [-0.15, -0.1) is 0 Å². The highest BCUT2D eigenvalue weighted by Gasteiger charge is 2.17. The summed E-state index contributed by atoms with van der Waals surface area (Å²) in [5.41, 5.74) is 1.50. The zero-order chi connectivity index (χ0) is 15.2. The summed E-state index contributed by atoms with van der Waals surface area (Å²) < 4.78 is 5.04.